The number of hydrogen-bond donors (Lipinski definition) is 1. The van der Waals surface area contributed by atoms with Crippen molar-refractivity contribution in [3.8, 4) is 0 Å². The number of nitrogens with zero attached hydrogens (tertiary/aromatic N) is 1. The van der Waals surface area contributed by atoms with E-state index in [1.54, 1.807) is 25.2 Å². The van der Waals surface area contributed by atoms with Crippen molar-refractivity contribution in [1.29, 1.82) is 0 Å². The van der Waals surface area contributed by atoms with Crippen LogP contribution in [0, 0.1) is 5.92 Å². The molecule has 0 radical (unpaired) electrons. The Morgan fingerprint density at radius 3 is 2.44 bits per heavy atom. The van der Waals surface area contributed by atoms with Crippen molar-refractivity contribution in [3.63, 3.8) is 0 Å². The van der Waals surface area contributed by atoms with Gasteiger partial charge in [0.25, 0.3) is 0 Å². The number of amides is 2. The van der Waals surface area contributed by atoms with Gasteiger partial charge in [-0.05, 0) is 30.9 Å². The summed E-state index contributed by atoms with van der Waals surface area (Å²) >= 11 is 12.1. The highest BCUT2D eigenvalue weighted by Crippen LogP contribution is 2.30. The molecule has 2 rings (SSSR count). The molecule has 1 fully saturated rings. The van der Waals surface area contributed by atoms with E-state index in [2.05, 4.69) is 5.32 Å². The third kappa shape index (κ3) is 6.52. The number of anilines is 1. The molecule has 0 aliphatic heterocycles. The Balaban J connectivity index is 1.73. The molecule has 25 heavy (non-hydrogen) atoms. The maximum absolute atomic E-state index is 12.2. The van der Waals surface area contributed by atoms with Crippen LogP contribution >= 0.6 is 23.2 Å². The number of benzene rings is 1. The molecule has 0 unspecified atom stereocenters. The van der Waals surface area contributed by atoms with Gasteiger partial charge in [-0.2, -0.15) is 0 Å². The lowest BCUT2D eigenvalue weighted by molar-refractivity contribution is -0.133. The van der Waals surface area contributed by atoms with Crippen LogP contribution in [0.15, 0.2) is 18.2 Å². The summed E-state index contributed by atoms with van der Waals surface area (Å²) in [6.07, 6.45) is 9.09. The topological polar surface area (TPSA) is 49.4 Å². The molecule has 1 aliphatic rings. The predicted octanol–water partition coefficient (Wildman–Crippen LogP) is 5.14. The fourth-order valence-electron chi connectivity index (χ4n) is 3.31. The molecule has 1 N–H and O–H groups in total. The Labute approximate surface area is 159 Å². The van der Waals surface area contributed by atoms with E-state index in [9.17, 15) is 9.59 Å². The number of carbonyl (C=O) groups excluding carboxylic acids is 2. The second-order valence-corrected chi connectivity index (χ2v) is 7.61. The van der Waals surface area contributed by atoms with Gasteiger partial charge in [0.05, 0.1) is 22.3 Å². The molecular weight excluding hydrogens is 359 g/mol. The first-order valence-electron chi connectivity index (χ1n) is 8.95. The lowest BCUT2D eigenvalue weighted by atomic mass is 9.86. The number of rotatable bonds is 7. The fourth-order valence-corrected chi connectivity index (χ4v) is 3.80. The zero-order valence-electron chi connectivity index (χ0n) is 14.7. The van der Waals surface area contributed by atoms with Gasteiger partial charge in [0.2, 0.25) is 11.8 Å². The van der Waals surface area contributed by atoms with E-state index in [1.807, 2.05) is 0 Å². The Morgan fingerprint density at radius 1 is 1.16 bits per heavy atom. The van der Waals surface area contributed by atoms with E-state index in [4.69, 9.17) is 23.2 Å². The summed E-state index contributed by atoms with van der Waals surface area (Å²) in [6.45, 7) is -0.0101. The number of likely N-dealkylation sites (N-methyl/N-ethyl adjacent to an activating group) is 1. The van der Waals surface area contributed by atoms with Gasteiger partial charge in [-0.3, -0.25) is 9.59 Å². The molecule has 1 aromatic rings. The minimum Gasteiger partial charge on any atom is -0.336 e. The largest absolute Gasteiger partial charge is 0.336 e. The van der Waals surface area contributed by atoms with E-state index >= 15 is 0 Å². The highest BCUT2D eigenvalue weighted by atomic mass is 35.5. The SMILES string of the molecule is CN(CC(=O)Nc1c(Cl)cccc1Cl)C(=O)CCCC1CCCCC1. The van der Waals surface area contributed by atoms with Crippen molar-refractivity contribution in [2.45, 2.75) is 51.4 Å². The van der Waals surface area contributed by atoms with Gasteiger partial charge >= 0.3 is 0 Å². The fraction of sp³-hybridized carbons (Fsp3) is 0.579. The highest BCUT2D eigenvalue weighted by Gasteiger charge is 2.17. The maximum Gasteiger partial charge on any atom is 0.244 e. The minimum atomic E-state index is -0.307. The van der Waals surface area contributed by atoms with Crippen molar-refractivity contribution in [2.24, 2.45) is 5.92 Å². The number of hydrogen-bond acceptors (Lipinski definition) is 2. The van der Waals surface area contributed by atoms with E-state index < -0.39 is 0 Å². The molecule has 2 amide bonds. The molecule has 0 atom stereocenters. The summed E-state index contributed by atoms with van der Waals surface area (Å²) < 4.78 is 0. The van der Waals surface area contributed by atoms with Crippen molar-refractivity contribution in [1.82, 2.24) is 4.90 Å². The molecule has 6 heteroatoms. The average molecular weight is 385 g/mol. The van der Waals surface area contributed by atoms with Crippen molar-refractivity contribution >= 4 is 40.7 Å². The van der Waals surface area contributed by atoms with Crippen molar-refractivity contribution in [2.75, 3.05) is 18.9 Å². The molecule has 1 saturated carbocycles. The van der Waals surface area contributed by atoms with E-state index in [0.717, 1.165) is 18.8 Å². The van der Waals surface area contributed by atoms with Crippen molar-refractivity contribution < 1.29 is 9.59 Å². The normalized spacial score (nSPS) is 15.0. The molecule has 1 aromatic carbocycles. The van der Waals surface area contributed by atoms with Crippen molar-refractivity contribution in [3.05, 3.63) is 28.2 Å². The summed E-state index contributed by atoms with van der Waals surface area (Å²) in [5.41, 5.74) is 0.383. The van der Waals surface area contributed by atoms with Gasteiger partial charge in [-0.15, -0.1) is 0 Å². The zero-order chi connectivity index (χ0) is 18.2. The quantitative estimate of drug-likeness (QED) is 0.707. The molecule has 1 aliphatic carbocycles. The van der Waals surface area contributed by atoms with Gasteiger partial charge in [0.1, 0.15) is 0 Å². The molecule has 0 bridgehead atoms. The summed E-state index contributed by atoms with van der Waals surface area (Å²) in [7, 11) is 1.65. The number of nitrogens with one attached hydrogen (secondary N) is 1. The standard InChI is InChI=1S/C19H26Cl2N2O2/c1-23(18(25)12-5-9-14-7-3-2-4-8-14)13-17(24)22-19-15(20)10-6-11-16(19)21/h6,10-11,14H,2-5,7-9,12-13H2,1H3,(H,22,24). The van der Waals surface area contributed by atoms with Crippen LogP contribution in [-0.4, -0.2) is 30.3 Å². The summed E-state index contributed by atoms with van der Waals surface area (Å²) in [6, 6.07) is 5.02. The van der Waals surface area contributed by atoms with Crippen LogP contribution < -0.4 is 5.32 Å². The molecule has 0 aromatic heterocycles. The third-order valence-electron chi connectivity index (χ3n) is 4.76. The lowest BCUT2D eigenvalue weighted by Crippen LogP contribution is -2.34. The van der Waals surface area contributed by atoms with Crippen LogP contribution in [0.1, 0.15) is 51.4 Å². The van der Waals surface area contributed by atoms with E-state index in [-0.39, 0.29) is 18.4 Å². The Bertz CT molecular complexity index is 581. The lowest BCUT2D eigenvalue weighted by Gasteiger charge is -2.22. The monoisotopic (exact) mass is 384 g/mol. The molecule has 4 nitrogen and oxygen atoms in total. The number of carbonyl (C=O) groups is 2. The Kier molecular flexibility index (Phi) is 8.04. The second-order valence-electron chi connectivity index (χ2n) is 6.79. The van der Waals surface area contributed by atoms with Gasteiger partial charge in [0.15, 0.2) is 0 Å². The Hall–Kier alpha value is -1.26. The smallest absolute Gasteiger partial charge is 0.244 e. The van der Waals surface area contributed by atoms with E-state index in [1.165, 1.54) is 37.0 Å². The average Bonchev–Trinajstić information content (AvgIpc) is 2.59. The van der Waals surface area contributed by atoms with E-state index in [0.29, 0.717) is 22.2 Å². The molecule has 0 spiro atoms. The van der Waals surface area contributed by atoms with Gasteiger partial charge in [-0.25, -0.2) is 0 Å². The first-order chi connectivity index (χ1) is 12.0. The summed E-state index contributed by atoms with van der Waals surface area (Å²) in [4.78, 5) is 25.8. The zero-order valence-corrected chi connectivity index (χ0v) is 16.2. The summed E-state index contributed by atoms with van der Waals surface area (Å²) in [5.74, 6) is 0.465. The molecule has 0 saturated heterocycles. The van der Waals surface area contributed by atoms with Crippen LogP contribution in [0.25, 0.3) is 0 Å². The highest BCUT2D eigenvalue weighted by molar-refractivity contribution is 6.39. The second kappa shape index (κ2) is 10.0. The predicted molar refractivity (Wildman–Crippen MR) is 103 cm³/mol. The van der Waals surface area contributed by atoms with Crippen LogP contribution in [0.4, 0.5) is 5.69 Å². The van der Waals surface area contributed by atoms with Gasteiger partial charge in [0, 0.05) is 13.5 Å². The van der Waals surface area contributed by atoms with Crippen LogP contribution in [-0.2, 0) is 9.59 Å². The molecule has 0 heterocycles. The Morgan fingerprint density at radius 2 is 1.80 bits per heavy atom. The van der Waals surface area contributed by atoms with Gasteiger partial charge < -0.3 is 10.2 Å². The molecule has 138 valence electrons. The first kappa shape index (κ1) is 20.1. The number of para-hydroxylation sites is 1. The molecular formula is C19H26Cl2N2O2. The minimum absolute atomic E-state index is 0.00350. The third-order valence-corrected chi connectivity index (χ3v) is 5.39. The maximum atomic E-state index is 12.2. The number of halogens is 2. The van der Waals surface area contributed by atoms with Crippen LogP contribution in [0.5, 0.6) is 0 Å². The summed E-state index contributed by atoms with van der Waals surface area (Å²) in [5, 5.41) is 3.43. The first-order valence-corrected chi connectivity index (χ1v) is 9.71. The van der Waals surface area contributed by atoms with Crippen LogP contribution in [0.3, 0.4) is 0 Å². The van der Waals surface area contributed by atoms with Gasteiger partial charge in [-0.1, -0.05) is 61.4 Å². The van der Waals surface area contributed by atoms with Crippen LogP contribution in [0.2, 0.25) is 10.0 Å².